The number of unbranched alkanes of at least 4 members (excludes halogenated alkanes) is 6. The molecule has 0 unspecified atom stereocenters. The molecule has 0 aliphatic carbocycles. The Morgan fingerprint density at radius 1 is 0.528 bits per heavy atom. The summed E-state index contributed by atoms with van der Waals surface area (Å²) in [4.78, 5) is 2.03. The minimum absolute atomic E-state index is 0.00000230. The maximum atomic E-state index is 14.9. The Balaban J connectivity index is 2.39. The smallest absolute Gasteiger partial charge is 0.416 e. The van der Waals surface area contributed by atoms with Crippen molar-refractivity contribution in [2.75, 3.05) is 28.4 Å². The molecule has 0 aromatic heterocycles. The third kappa shape index (κ3) is 13.9. The highest BCUT2D eigenvalue weighted by molar-refractivity contribution is 5.91. The average Bonchev–Trinajstić information content (AvgIpc) is 3.30. The van der Waals surface area contributed by atoms with Crippen molar-refractivity contribution >= 4 is 0 Å². The van der Waals surface area contributed by atoms with Gasteiger partial charge in [0.1, 0.15) is 18.2 Å². The Labute approximate surface area is 422 Å². The standard InChI is InChI=1S/C58H77F10NO3/c1-15-18-20-22-24-55(72-14,25-23-21-19-16-2)36(4)69(11)35-46-45(33-48(54(8,9)10)52(71-13)50(46)39-29-41(57(63,64)65)31-42(30-39)58(66,67)68)44-32-47(53(5,6)7)51(70-12)49(43(44)17-3)38-26-37(34-59)27-40(28-38)56(60,61)62/h26-33,36H,15-25,34-35H2,1-14H3/t36-/m0/s1. The minimum Gasteiger partial charge on any atom is -0.496 e. The molecule has 402 valence electrons. The van der Waals surface area contributed by atoms with E-state index in [-0.39, 0.29) is 64.4 Å². The van der Waals surface area contributed by atoms with Crippen LogP contribution in [0.25, 0.3) is 33.4 Å². The van der Waals surface area contributed by atoms with Gasteiger partial charge in [-0.25, -0.2) is 4.39 Å². The van der Waals surface area contributed by atoms with E-state index < -0.39 is 58.3 Å². The van der Waals surface area contributed by atoms with E-state index in [0.29, 0.717) is 46.2 Å². The van der Waals surface area contributed by atoms with Gasteiger partial charge >= 0.3 is 18.5 Å². The summed E-state index contributed by atoms with van der Waals surface area (Å²) in [5.74, 6) is 0.313. The molecule has 4 nitrogen and oxygen atoms in total. The van der Waals surface area contributed by atoms with Crippen LogP contribution in [0.15, 0.2) is 48.5 Å². The van der Waals surface area contributed by atoms with E-state index in [1.54, 1.807) is 14.0 Å². The fraction of sp³-hybridized carbons (Fsp3) is 0.586. The van der Waals surface area contributed by atoms with E-state index in [1.807, 2.05) is 72.5 Å². The number of methoxy groups -OCH3 is 3. The third-order valence-electron chi connectivity index (χ3n) is 14.2. The highest BCUT2D eigenvalue weighted by Gasteiger charge is 2.42. The van der Waals surface area contributed by atoms with Gasteiger partial charge < -0.3 is 14.2 Å². The Morgan fingerprint density at radius 3 is 1.29 bits per heavy atom. The van der Waals surface area contributed by atoms with Gasteiger partial charge in [0.05, 0.1) is 36.5 Å². The summed E-state index contributed by atoms with van der Waals surface area (Å²) >= 11 is 0. The average molecular weight is 1030 g/mol. The van der Waals surface area contributed by atoms with Gasteiger partial charge in [0.2, 0.25) is 0 Å². The van der Waals surface area contributed by atoms with Crippen molar-refractivity contribution < 1.29 is 58.1 Å². The molecule has 72 heavy (non-hydrogen) atoms. The second-order valence-electron chi connectivity index (χ2n) is 21.4. The first kappa shape index (κ1) is 60.3. The summed E-state index contributed by atoms with van der Waals surface area (Å²) in [5.41, 5.74) is -4.08. The number of rotatable bonds is 22. The largest absolute Gasteiger partial charge is 0.496 e. The van der Waals surface area contributed by atoms with Gasteiger partial charge in [-0.2, -0.15) is 39.5 Å². The second-order valence-corrected chi connectivity index (χ2v) is 21.4. The molecule has 0 fully saturated rings. The van der Waals surface area contributed by atoms with E-state index in [9.17, 15) is 43.9 Å². The lowest BCUT2D eigenvalue weighted by Gasteiger charge is -2.43. The molecule has 0 spiro atoms. The Kier molecular flexibility index (Phi) is 20.0. The Hall–Kier alpha value is -4.30. The van der Waals surface area contributed by atoms with Gasteiger partial charge in [-0.1, -0.05) is 114 Å². The maximum absolute atomic E-state index is 14.9. The molecular formula is C58H77F10NO3. The number of alkyl halides is 10. The molecule has 0 saturated carbocycles. The number of halogens is 10. The predicted octanol–water partition coefficient (Wildman–Crippen LogP) is 18.5. The summed E-state index contributed by atoms with van der Waals surface area (Å²) in [6, 6.07) is 7.96. The number of benzene rings is 4. The Bertz CT molecular complexity index is 2400. The van der Waals surface area contributed by atoms with Gasteiger partial charge in [0.15, 0.2) is 0 Å². The SMILES string of the molecule is CCCCCCC(CCCCCC)(OC)[C@H](C)N(C)Cc1c(-c2cc(C(C)(C)C)c(OC)c(-c3cc(CF)cc(C(F)(F)F)c3)c2CC)cc(C(C)(C)C)c(OC)c1-c1cc(C(F)(F)F)cc(C(F)(F)F)c1. The number of ether oxygens (including phenoxy) is 3. The quantitative estimate of drug-likeness (QED) is 0.0580. The van der Waals surface area contributed by atoms with Crippen LogP contribution >= 0.6 is 0 Å². The fourth-order valence-electron chi connectivity index (χ4n) is 10.2. The maximum Gasteiger partial charge on any atom is 0.416 e. The molecule has 0 heterocycles. The molecule has 0 saturated heterocycles. The summed E-state index contributed by atoms with van der Waals surface area (Å²) < 4.78 is 167. The van der Waals surface area contributed by atoms with E-state index >= 15 is 0 Å². The monoisotopic (exact) mass is 1030 g/mol. The molecular weight excluding hydrogens is 949 g/mol. The molecule has 0 bridgehead atoms. The molecule has 1 atom stereocenters. The van der Waals surface area contributed by atoms with E-state index in [1.165, 1.54) is 20.3 Å². The molecule has 0 aliphatic rings. The molecule has 0 amide bonds. The molecule has 0 radical (unpaired) electrons. The van der Waals surface area contributed by atoms with Crippen LogP contribution in [0.4, 0.5) is 43.9 Å². The van der Waals surface area contributed by atoms with Crippen molar-refractivity contribution in [3.63, 3.8) is 0 Å². The first-order valence-corrected chi connectivity index (χ1v) is 25.2. The first-order valence-electron chi connectivity index (χ1n) is 25.2. The van der Waals surface area contributed by atoms with Gasteiger partial charge in [-0.05, 0) is 132 Å². The van der Waals surface area contributed by atoms with Gasteiger partial charge in [0.25, 0.3) is 0 Å². The summed E-state index contributed by atoms with van der Waals surface area (Å²) in [7, 11) is 6.29. The van der Waals surface area contributed by atoms with Crippen LogP contribution in [0, 0.1) is 0 Å². The highest BCUT2D eigenvalue weighted by Crippen LogP contribution is 2.53. The topological polar surface area (TPSA) is 30.9 Å². The van der Waals surface area contributed by atoms with Crippen LogP contribution in [0.2, 0.25) is 0 Å². The number of nitrogens with zero attached hydrogens (tertiary/aromatic N) is 1. The van der Waals surface area contributed by atoms with Crippen LogP contribution in [0.3, 0.4) is 0 Å². The lowest BCUT2D eigenvalue weighted by atomic mass is 9.75. The lowest BCUT2D eigenvalue weighted by molar-refractivity contribution is -0.143. The van der Waals surface area contributed by atoms with Crippen LogP contribution in [0.1, 0.15) is 178 Å². The number of hydrogen-bond acceptors (Lipinski definition) is 4. The van der Waals surface area contributed by atoms with Gasteiger partial charge in [-0.3, -0.25) is 4.90 Å². The Morgan fingerprint density at radius 2 is 0.931 bits per heavy atom. The summed E-state index contributed by atoms with van der Waals surface area (Å²) in [6.07, 6.45) is -5.89. The van der Waals surface area contributed by atoms with Crippen molar-refractivity contribution in [1.82, 2.24) is 4.90 Å². The molecule has 0 aliphatic heterocycles. The minimum atomic E-state index is -5.18. The van der Waals surface area contributed by atoms with Crippen LogP contribution in [0.5, 0.6) is 11.5 Å². The van der Waals surface area contributed by atoms with Crippen molar-refractivity contribution in [2.45, 2.75) is 194 Å². The molecule has 4 rings (SSSR count). The van der Waals surface area contributed by atoms with Crippen molar-refractivity contribution in [3.05, 3.63) is 93.0 Å². The van der Waals surface area contributed by atoms with Crippen molar-refractivity contribution in [2.24, 2.45) is 0 Å². The number of hydrogen-bond donors (Lipinski definition) is 0. The fourth-order valence-corrected chi connectivity index (χ4v) is 10.2. The normalized spacial score (nSPS) is 13.6. The third-order valence-corrected chi connectivity index (χ3v) is 14.2. The van der Waals surface area contributed by atoms with Crippen LogP contribution in [-0.2, 0) is 53.7 Å². The molecule has 14 heteroatoms. The van der Waals surface area contributed by atoms with E-state index in [2.05, 4.69) is 13.8 Å². The lowest BCUT2D eigenvalue weighted by Crippen LogP contribution is -2.51. The number of likely N-dealkylation sites (N-methyl/N-ethyl adjacent to an activating group) is 1. The van der Waals surface area contributed by atoms with Crippen molar-refractivity contribution in [1.29, 1.82) is 0 Å². The van der Waals surface area contributed by atoms with Crippen molar-refractivity contribution in [3.8, 4) is 44.9 Å². The predicted molar refractivity (Wildman–Crippen MR) is 271 cm³/mol. The summed E-state index contributed by atoms with van der Waals surface area (Å²) in [6.45, 7) is 18.1. The highest BCUT2D eigenvalue weighted by atomic mass is 19.4. The molecule has 4 aromatic rings. The van der Waals surface area contributed by atoms with E-state index in [0.717, 1.165) is 75.6 Å². The first-order chi connectivity index (χ1) is 33.4. The molecule has 0 N–H and O–H groups in total. The van der Waals surface area contributed by atoms with Gasteiger partial charge in [0, 0.05) is 42.0 Å². The van der Waals surface area contributed by atoms with Gasteiger partial charge in [-0.15, -0.1) is 0 Å². The zero-order chi connectivity index (χ0) is 54.4. The van der Waals surface area contributed by atoms with Crippen LogP contribution < -0.4 is 9.47 Å². The summed E-state index contributed by atoms with van der Waals surface area (Å²) in [5, 5.41) is 0. The zero-order valence-electron chi connectivity index (χ0n) is 44.8. The van der Waals surface area contributed by atoms with E-state index in [4.69, 9.17) is 14.2 Å². The van der Waals surface area contributed by atoms with Crippen LogP contribution in [-0.4, -0.2) is 44.9 Å². The second kappa shape index (κ2) is 23.9. The molecule has 4 aromatic carbocycles. The zero-order valence-corrected chi connectivity index (χ0v) is 44.8.